The van der Waals surface area contributed by atoms with Gasteiger partial charge in [-0.15, -0.1) is 11.8 Å². The molecule has 4 rings (SSSR count). The van der Waals surface area contributed by atoms with Gasteiger partial charge in [-0.25, -0.2) is 4.98 Å². The highest BCUT2D eigenvalue weighted by molar-refractivity contribution is 7.98. The quantitative estimate of drug-likeness (QED) is 0.596. The Hall–Kier alpha value is -2.80. The second-order valence-corrected chi connectivity index (χ2v) is 8.09. The lowest BCUT2D eigenvalue weighted by Gasteiger charge is -2.35. The van der Waals surface area contributed by atoms with Crippen molar-refractivity contribution in [2.75, 3.05) is 31.1 Å². The Morgan fingerprint density at radius 2 is 1.86 bits per heavy atom. The first-order valence-corrected chi connectivity index (χ1v) is 10.7. The van der Waals surface area contributed by atoms with Crippen molar-refractivity contribution >= 4 is 23.5 Å². The minimum absolute atomic E-state index is 0.0391. The number of carbonyl (C=O) groups excluding carboxylic acids is 1. The maximum Gasteiger partial charge on any atom is 0.257 e. The molecule has 3 heterocycles. The van der Waals surface area contributed by atoms with E-state index < -0.39 is 0 Å². The van der Waals surface area contributed by atoms with Crippen molar-refractivity contribution in [3.05, 3.63) is 71.4 Å². The van der Waals surface area contributed by atoms with E-state index in [2.05, 4.69) is 22.0 Å². The Morgan fingerprint density at radius 3 is 2.55 bits per heavy atom. The largest absolute Gasteiger partial charge is 0.466 e. The van der Waals surface area contributed by atoms with Crippen LogP contribution in [0.2, 0.25) is 0 Å². The van der Waals surface area contributed by atoms with Crippen molar-refractivity contribution in [3.8, 4) is 0 Å². The van der Waals surface area contributed by atoms with Crippen LogP contribution < -0.4 is 4.90 Å². The molecule has 150 valence electrons. The molecule has 3 aromatic rings. The first-order chi connectivity index (χ1) is 14.1. The normalized spacial score (nSPS) is 14.3. The van der Waals surface area contributed by atoms with E-state index >= 15 is 0 Å². The van der Waals surface area contributed by atoms with E-state index in [0.29, 0.717) is 24.4 Å². The zero-order valence-corrected chi connectivity index (χ0v) is 17.5. The number of piperazine rings is 1. The van der Waals surface area contributed by atoms with Crippen LogP contribution in [0.15, 0.2) is 58.2 Å². The first kappa shape index (κ1) is 19.5. The third-order valence-electron chi connectivity index (χ3n) is 4.99. The number of rotatable bonds is 5. The van der Waals surface area contributed by atoms with Gasteiger partial charge >= 0.3 is 0 Å². The highest BCUT2D eigenvalue weighted by Crippen LogP contribution is 2.23. The molecule has 0 saturated carbocycles. The van der Waals surface area contributed by atoms with E-state index in [1.54, 1.807) is 24.2 Å². The minimum Gasteiger partial charge on any atom is -0.466 e. The Kier molecular flexibility index (Phi) is 5.85. The summed E-state index contributed by atoms with van der Waals surface area (Å²) in [4.78, 5) is 26.0. The molecular weight excluding hydrogens is 384 g/mol. The van der Waals surface area contributed by atoms with E-state index in [1.165, 1.54) is 5.56 Å². The summed E-state index contributed by atoms with van der Waals surface area (Å²) in [7, 11) is 0. The van der Waals surface area contributed by atoms with E-state index in [4.69, 9.17) is 9.40 Å². The van der Waals surface area contributed by atoms with Gasteiger partial charge in [-0.2, -0.15) is 0 Å². The molecule has 1 aliphatic heterocycles. The number of hydrogen-bond acceptors (Lipinski definition) is 6. The fourth-order valence-corrected chi connectivity index (χ4v) is 4.24. The summed E-state index contributed by atoms with van der Waals surface area (Å²) in [6, 6.07) is 12.2. The SMILES string of the molecule is Cc1cc(C(=O)N2CCN(c3cncc(SCc4ccccc4)n3)CC2)c(C)o1. The number of nitrogens with zero attached hydrogens (tertiary/aromatic N) is 4. The number of benzene rings is 1. The number of amides is 1. The number of carbonyl (C=O) groups is 1. The van der Waals surface area contributed by atoms with Crippen LogP contribution in [0.3, 0.4) is 0 Å². The van der Waals surface area contributed by atoms with Crippen molar-refractivity contribution < 1.29 is 9.21 Å². The molecular formula is C22H24N4O2S. The summed E-state index contributed by atoms with van der Waals surface area (Å²) >= 11 is 1.68. The monoisotopic (exact) mass is 408 g/mol. The van der Waals surface area contributed by atoms with Gasteiger partial charge in [0.05, 0.1) is 18.0 Å². The summed E-state index contributed by atoms with van der Waals surface area (Å²) in [6.07, 6.45) is 3.61. The summed E-state index contributed by atoms with van der Waals surface area (Å²) in [5.41, 5.74) is 1.93. The van der Waals surface area contributed by atoms with Crippen molar-refractivity contribution in [2.45, 2.75) is 24.6 Å². The van der Waals surface area contributed by atoms with Crippen LogP contribution in [0.4, 0.5) is 5.82 Å². The lowest BCUT2D eigenvalue weighted by atomic mass is 10.2. The maximum atomic E-state index is 12.8. The second kappa shape index (κ2) is 8.69. The van der Waals surface area contributed by atoms with E-state index in [0.717, 1.165) is 35.4 Å². The summed E-state index contributed by atoms with van der Waals surface area (Å²) in [5.74, 6) is 3.22. The zero-order chi connectivity index (χ0) is 20.2. The van der Waals surface area contributed by atoms with Crippen LogP contribution in [0.1, 0.15) is 27.4 Å². The molecule has 1 saturated heterocycles. The molecule has 1 aromatic carbocycles. The van der Waals surface area contributed by atoms with Gasteiger partial charge in [0.25, 0.3) is 5.91 Å². The van der Waals surface area contributed by atoms with Crippen molar-refractivity contribution in [2.24, 2.45) is 0 Å². The molecule has 0 bridgehead atoms. The number of hydrogen-bond donors (Lipinski definition) is 0. The van der Waals surface area contributed by atoms with Gasteiger partial charge in [-0.1, -0.05) is 30.3 Å². The van der Waals surface area contributed by atoms with Gasteiger partial charge in [0.1, 0.15) is 22.4 Å². The fourth-order valence-electron chi connectivity index (χ4n) is 3.44. The molecule has 0 N–H and O–H groups in total. The molecule has 0 spiro atoms. The van der Waals surface area contributed by atoms with Gasteiger partial charge in [0.15, 0.2) is 0 Å². The smallest absolute Gasteiger partial charge is 0.257 e. The predicted octanol–water partition coefficient (Wildman–Crippen LogP) is 3.94. The Balaban J connectivity index is 1.36. The third-order valence-corrected chi connectivity index (χ3v) is 5.96. The molecule has 1 amide bonds. The van der Waals surface area contributed by atoms with Crippen LogP contribution in [0, 0.1) is 13.8 Å². The lowest BCUT2D eigenvalue weighted by molar-refractivity contribution is 0.0744. The average molecular weight is 409 g/mol. The highest BCUT2D eigenvalue weighted by Gasteiger charge is 2.25. The summed E-state index contributed by atoms with van der Waals surface area (Å²) in [6.45, 7) is 6.50. The molecule has 1 aliphatic rings. The van der Waals surface area contributed by atoms with Crippen molar-refractivity contribution in [1.29, 1.82) is 0 Å². The van der Waals surface area contributed by atoms with Gasteiger partial charge < -0.3 is 14.2 Å². The van der Waals surface area contributed by atoms with Gasteiger partial charge in [0.2, 0.25) is 0 Å². The van der Waals surface area contributed by atoms with Crippen LogP contribution in [0.5, 0.6) is 0 Å². The number of furan rings is 1. The molecule has 0 radical (unpaired) electrons. The van der Waals surface area contributed by atoms with Crippen molar-refractivity contribution in [3.63, 3.8) is 0 Å². The Morgan fingerprint density at radius 1 is 1.10 bits per heavy atom. The molecule has 29 heavy (non-hydrogen) atoms. The number of aryl methyl sites for hydroxylation is 2. The molecule has 1 fully saturated rings. The van der Waals surface area contributed by atoms with E-state index in [9.17, 15) is 4.79 Å². The molecule has 7 heteroatoms. The van der Waals surface area contributed by atoms with Crippen LogP contribution in [0.25, 0.3) is 0 Å². The summed E-state index contributed by atoms with van der Waals surface area (Å²) in [5, 5.41) is 0.911. The molecule has 0 atom stereocenters. The van der Waals surface area contributed by atoms with Crippen LogP contribution in [-0.4, -0.2) is 47.0 Å². The van der Waals surface area contributed by atoms with E-state index in [-0.39, 0.29) is 5.91 Å². The van der Waals surface area contributed by atoms with Crippen LogP contribution >= 0.6 is 11.8 Å². The molecule has 2 aromatic heterocycles. The predicted molar refractivity (Wildman–Crippen MR) is 114 cm³/mol. The second-order valence-electron chi connectivity index (χ2n) is 7.10. The number of thioether (sulfide) groups is 1. The zero-order valence-electron chi connectivity index (χ0n) is 16.7. The van der Waals surface area contributed by atoms with Gasteiger partial charge in [-0.05, 0) is 25.5 Å². The van der Waals surface area contributed by atoms with E-state index in [1.807, 2.05) is 43.0 Å². The fraction of sp³-hybridized carbons (Fsp3) is 0.318. The topological polar surface area (TPSA) is 62.5 Å². The summed E-state index contributed by atoms with van der Waals surface area (Å²) < 4.78 is 5.51. The number of aromatic nitrogens is 2. The van der Waals surface area contributed by atoms with Gasteiger partial charge in [-0.3, -0.25) is 9.78 Å². The average Bonchev–Trinajstić information content (AvgIpc) is 3.11. The standard InChI is InChI=1S/C22H24N4O2S/c1-16-12-19(17(2)28-16)22(27)26-10-8-25(9-11-26)20-13-23-14-21(24-20)29-15-18-6-4-3-5-7-18/h3-7,12-14H,8-11,15H2,1-2H3. The molecule has 0 unspecified atom stereocenters. The molecule has 6 nitrogen and oxygen atoms in total. The number of anilines is 1. The van der Waals surface area contributed by atoms with Gasteiger partial charge in [0, 0.05) is 31.9 Å². The Labute approximate surface area is 174 Å². The Bertz CT molecular complexity index is 981. The highest BCUT2D eigenvalue weighted by atomic mass is 32.2. The first-order valence-electron chi connectivity index (χ1n) is 9.70. The van der Waals surface area contributed by atoms with Crippen molar-refractivity contribution in [1.82, 2.24) is 14.9 Å². The van der Waals surface area contributed by atoms with Crippen LogP contribution in [-0.2, 0) is 5.75 Å². The minimum atomic E-state index is 0.0391. The molecule has 0 aliphatic carbocycles. The maximum absolute atomic E-state index is 12.8. The lowest BCUT2D eigenvalue weighted by Crippen LogP contribution is -2.49. The third kappa shape index (κ3) is 4.62.